The third kappa shape index (κ3) is 4.69. The normalized spacial score (nSPS) is 11.1. The third-order valence-electron chi connectivity index (χ3n) is 4.32. The van der Waals surface area contributed by atoms with Gasteiger partial charge in [-0.15, -0.1) is 0 Å². The van der Waals surface area contributed by atoms with E-state index in [-0.39, 0.29) is 28.2 Å². The molecule has 0 saturated carbocycles. The number of carboxylic acids is 1. The van der Waals surface area contributed by atoms with Crippen LogP contribution in [0.1, 0.15) is 26.4 Å². The highest BCUT2D eigenvalue weighted by atomic mass is 19.4. The number of hydrogen-bond donors (Lipinski definition) is 5. The Labute approximate surface area is 177 Å². The van der Waals surface area contributed by atoms with Gasteiger partial charge in [0.25, 0.3) is 5.91 Å². The van der Waals surface area contributed by atoms with Gasteiger partial charge < -0.3 is 26.5 Å². The first-order valence-corrected chi connectivity index (χ1v) is 8.77. The van der Waals surface area contributed by atoms with Crippen LogP contribution in [0.4, 0.5) is 33.7 Å². The van der Waals surface area contributed by atoms with Crippen LogP contribution < -0.4 is 16.4 Å². The summed E-state index contributed by atoms with van der Waals surface area (Å²) in [6.07, 6.45) is -3.81. The zero-order valence-electron chi connectivity index (χ0n) is 15.9. The molecule has 12 heteroatoms. The number of benzene rings is 2. The van der Waals surface area contributed by atoms with E-state index >= 15 is 0 Å². The van der Waals surface area contributed by atoms with Crippen molar-refractivity contribution in [3.63, 3.8) is 0 Å². The van der Waals surface area contributed by atoms with Gasteiger partial charge in [0, 0.05) is 23.1 Å². The fourth-order valence-electron chi connectivity index (χ4n) is 2.92. The van der Waals surface area contributed by atoms with Crippen LogP contribution in [0.3, 0.4) is 0 Å². The lowest BCUT2D eigenvalue weighted by Crippen LogP contribution is -2.20. The van der Waals surface area contributed by atoms with E-state index in [2.05, 4.69) is 15.6 Å². The molecule has 0 aliphatic heterocycles. The van der Waals surface area contributed by atoms with Crippen LogP contribution >= 0.6 is 0 Å². The highest BCUT2D eigenvalue weighted by Gasteiger charge is 2.34. The molecule has 0 aliphatic rings. The Kier molecular flexibility index (Phi) is 5.87. The summed E-state index contributed by atoms with van der Waals surface area (Å²) in [5.41, 5.74) is 3.74. The number of rotatable bonds is 5. The van der Waals surface area contributed by atoms with E-state index < -0.39 is 35.5 Å². The first kappa shape index (κ1) is 22.3. The maximum absolute atomic E-state index is 13.3. The largest absolute Gasteiger partial charge is 0.478 e. The van der Waals surface area contributed by atoms with E-state index in [0.29, 0.717) is 17.7 Å². The van der Waals surface area contributed by atoms with Crippen molar-refractivity contribution in [1.29, 1.82) is 0 Å². The minimum absolute atomic E-state index is 0.0620. The molecule has 0 spiro atoms. The minimum Gasteiger partial charge on any atom is -0.478 e. The van der Waals surface area contributed by atoms with Gasteiger partial charge in [0.1, 0.15) is 11.5 Å². The van der Waals surface area contributed by atoms with Crippen LogP contribution in [0.25, 0.3) is 11.1 Å². The highest BCUT2D eigenvalue weighted by Crippen LogP contribution is 2.33. The molecule has 6 N–H and O–H groups in total. The van der Waals surface area contributed by atoms with Crippen molar-refractivity contribution in [3.05, 3.63) is 71.3 Å². The molecular weight excluding hydrogens is 436 g/mol. The smallest absolute Gasteiger partial charge is 0.419 e. The van der Waals surface area contributed by atoms with Crippen LogP contribution in [0.2, 0.25) is 0 Å². The first-order valence-electron chi connectivity index (χ1n) is 8.77. The molecule has 0 fully saturated rings. The molecule has 0 unspecified atom stereocenters. The number of H-pyrrole nitrogens is 1. The minimum atomic E-state index is -4.93. The molecule has 3 aromatic rings. The number of aromatic nitrogens is 1. The second-order valence-electron chi connectivity index (χ2n) is 6.47. The molecular formula is C20H14F4N4O4. The van der Waals surface area contributed by atoms with Crippen LogP contribution in [-0.4, -0.2) is 28.0 Å². The number of urea groups is 1. The highest BCUT2D eigenvalue weighted by molar-refractivity contribution is 6.06. The lowest BCUT2D eigenvalue weighted by Gasteiger charge is -2.12. The Balaban J connectivity index is 1.78. The summed E-state index contributed by atoms with van der Waals surface area (Å²) in [5, 5.41) is 13.8. The predicted molar refractivity (Wildman–Crippen MR) is 106 cm³/mol. The van der Waals surface area contributed by atoms with E-state index in [9.17, 15) is 37.1 Å². The predicted octanol–water partition coefficient (Wildman–Crippen LogP) is 4.28. The topological polar surface area (TPSA) is 137 Å². The monoisotopic (exact) mass is 450 g/mol. The van der Waals surface area contributed by atoms with Crippen LogP contribution in [0, 0.1) is 5.82 Å². The molecule has 0 bridgehead atoms. The number of primary amides is 1. The van der Waals surface area contributed by atoms with Crippen LogP contribution in [0.15, 0.2) is 48.7 Å². The maximum Gasteiger partial charge on any atom is 0.419 e. The van der Waals surface area contributed by atoms with Crippen molar-refractivity contribution in [3.8, 4) is 11.1 Å². The SMILES string of the molecule is NC(=O)c1[nH]cc(C(=O)O)c1-c1ccc(NC(=O)Nc2ccc(F)c(C(F)(F)F)c2)cc1. The number of nitrogens with one attached hydrogen (secondary N) is 3. The lowest BCUT2D eigenvalue weighted by atomic mass is 10.0. The summed E-state index contributed by atoms with van der Waals surface area (Å²) in [4.78, 5) is 37.5. The Hall–Kier alpha value is -4.35. The number of aromatic carboxylic acids is 1. The van der Waals surface area contributed by atoms with Crippen molar-refractivity contribution in [2.45, 2.75) is 6.18 Å². The molecule has 3 amide bonds. The first-order chi connectivity index (χ1) is 15.0. The van der Waals surface area contributed by atoms with Crippen molar-refractivity contribution >= 4 is 29.3 Å². The zero-order chi connectivity index (χ0) is 23.6. The summed E-state index contributed by atoms with van der Waals surface area (Å²) >= 11 is 0. The average molecular weight is 450 g/mol. The quantitative estimate of drug-likeness (QED) is 0.371. The summed E-state index contributed by atoms with van der Waals surface area (Å²) in [6.45, 7) is 0. The van der Waals surface area contributed by atoms with Gasteiger partial charge in [0.05, 0.1) is 11.1 Å². The molecule has 32 heavy (non-hydrogen) atoms. The van der Waals surface area contributed by atoms with Crippen LogP contribution in [-0.2, 0) is 6.18 Å². The number of halogens is 4. The number of alkyl halides is 3. The Morgan fingerprint density at radius 3 is 2.12 bits per heavy atom. The van der Waals surface area contributed by atoms with E-state index in [1.165, 1.54) is 24.3 Å². The van der Waals surface area contributed by atoms with Crippen molar-refractivity contribution < 1.29 is 37.1 Å². The molecule has 0 saturated heterocycles. The Bertz CT molecular complexity index is 1170. The van der Waals surface area contributed by atoms with Gasteiger partial charge in [-0.1, -0.05) is 12.1 Å². The number of amides is 3. The second kappa shape index (κ2) is 8.41. The maximum atomic E-state index is 13.3. The van der Waals surface area contributed by atoms with Gasteiger partial charge in [0.15, 0.2) is 0 Å². The van der Waals surface area contributed by atoms with Gasteiger partial charge in [-0.05, 0) is 35.9 Å². The van der Waals surface area contributed by atoms with E-state index in [1.807, 2.05) is 0 Å². The number of carbonyl (C=O) groups is 3. The van der Waals surface area contributed by atoms with Gasteiger partial charge in [0.2, 0.25) is 0 Å². The molecule has 0 atom stereocenters. The van der Waals surface area contributed by atoms with E-state index in [1.54, 1.807) is 0 Å². The number of carbonyl (C=O) groups excluding carboxylic acids is 2. The third-order valence-corrected chi connectivity index (χ3v) is 4.32. The number of nitrogens with two attached hydrogens (primary N) is 1. The molecule has 0 radical (unpaired) electrons. The van der Waals surface area contributed by atoms with Crippen LogP contribution in [0.5, 0.6) is 0 Å². The van der Waals surface area contributed by atoms with Gasteiger partial charge in [-0.2, -0.15) is 13.2 Å². The van der Waals surface area contributed by atoms with Gasteiger partial charge in [-0.25, -0.2) is 14.0 Å². The Morgan fingerprint density at radius 1 is 0.969 bits per heavy atom. The fraction of sp³-hybridized carbons (Fsp3) is 0.0500. The van der Waals surface area contributed by atoms with Gasteiger partial charge >= 0.3 is 18.2 Å². The van der Waals surface area contributed by atoms with Gasteiger partial charge in [-0.3, -0.25) is 4.79 Å². The van der Waals surface area contributed by atoms with Crippen molar-refractivity contribution in [1.82, 2.24) is 4.98 Å². The average Bonchev–Trinajstić information content (AvgIpc) is 3.15. The van der Waals surface area contributed by atoms with E-state index in [4.69, 9.17) is 5.73 Å². The lowest BCUT2D eigenvalue weighted by molar-refractivity contribution is -0.139. The molecule has 166 valence electrons. The second-order valence-corrected chi connectivity index (χ2v) is 6.47. The summed E-state index contributed by atoms with van der Waals surface area (Å²) in [5.74, 6) is -3.63. The molecule has 8 nitrogen and oxygen atoms in total. The molecule has 1 aromatic heterocycles. The number of carboxylic acid groups (broad SMARTS) is 1. The molecule has 0 aliphatic carbocycles. The number of anilines is 2. The van der Waals surface area contributed by atoms with E-state index in [0.717, 1.165) is 12.3 Å². The zero-order valence-corrected chi connectivity index (χ0v) is 15.9. The standard InChI is InChI=1S/C20H14F4N4O4/c21-14-6-5-11(7-13(14)20(22,23)24)28-19(32)27-10-3-1-9(2-4-10)15-12(18(30)31)8-26-16(15)17(25)29/h1-8,26H,(H2,25,29)(H,30,31)(H2,27,28,32). The molecule has 3 rings (SSSR count). The number of aromatic amines is 1. The molecule has 2 aromatic carbocycles. The molecule has 1 heterocycles. The summed E-state index contributed by atoms with van der Waals surface area (Å²) in [7, 11) is 0. The van der Waals surface area contributed by atoms with Crippen molar-refractivity contribution in [2.24, 2.45) is 5.73 Å². The van der Waals surface area contributed by atoms with Crippen molar-refractivity contribution in [2.75, 3.05) is 10.6 Å². The Morgan fingerprint density at radius 2 is 1.56 bits per heavy atom. The number of hydrogen-bond acceptors (Lipinski definition) is 3. The summed E-state index contributed by atoms with van der Waals surface area (Å²) in [6, 6.07) is 6.70. The fourth-order valence-corrected chi connectivity index (χ4v) is 2.92. The summed E-state index contributed by atoms with van der Waals surface area (Å²) < 4.78 is 51.7.